The van der Waals surface area contributed by atoms with Gasteiger partial charge in [-0.25, -0.2) is 9.97 Å². The van der Waals surface area contributed by atoms with Gasteiger partial charge in [-0.15, -0.1) is 23.1 Å². The molecule has 22 heavy (non-hydrogen) atoms. The molecule has 0 saturated carbocycles. The summed E-state index contributed by atoms with van der Waals surface area (Å²) in [6, 6.07) is 10.4. The van der Waals surface area contributed by atoms with Crippen LogP contribution in [-0.4, -0.2) is 21.1 Å². The average Bonchev–Trinajstić information content (AvgIpc) is 3.05. The molecule has 7 heteroatoms. The van der Waals surface area contributed by atoms with E-state index in [2.05, 4.69) is 9.97 Å². The van der Waals surface area contributed by atoms with Crippen molar-refractivity contribution in [1.82, 2.24) is 9.97 Å². The third-order valence-corrected chi connectivity index (χ3v) is 4.60. The molecule has 110 valence electrons. The Morgan fingerprint density at radius 1 is 1.18 bits per heavy atom. The van der Waals surface area contributed by atoms with Gasteiger partial charge >= 0.3 is 0 Å². The Kier molecular flexibility index (Phi) is 4.17. The quantitative estimate of drug-likeness (QED) is 0.400. The average molecular weight is 329 g/mol. The highest BCUT2D eigenvalue weighted by molar-refractivity contribution is 7.98. The Bertz CT molecular complexity index is 816. The standard InChI is InChI=1S/C15H11N3O2S2/c1-21-14-8-11(6-7-16-14)15-17-13(9-22-15)10-2-4-12(5-3-10)18(19)20/h2-9H,1H3. The van der Waals surface area contributed by atoms with E-state index in [4.69, 9.17) is 0 Å². The second-order valence-corrected chi connectivity index (χ2v) is 6.11. The first-order chi connectivity index (χ1) is 10.7. The molecule has 1 aromatic carbocycles. The predicted octanol–water partition coefficient (Wildman–Crippen LogP) is 4.50. The summed E-state index contributed by atoms with van der Waals surface area (Å²) < 4.78 is 0. The van der Waals surface area contributed by atoms with Crippen LogP contribution in [0.1, 0.15) is 0 Å². The Morgan fingerprint density at radius 2 is 1.95 bits per heavy atom. The molecule has 0 atom stereocenters. The van der Waals surface area contributed by atoms with Crippen LogP contribution in [0.15, 0.2) is 53.0 Å². The Balaban J connectivity index is 1.91. The van der Waals surface area contributed by atoms with Crippen LogP contribution in [-0.2, 0) is 0 Å². The zero-order valence-corrected chi connectivity index (χ0v) is 13.2. The lowest BCUT2D eigenvalue weighted by molar-refractivity contribution is -0.384. The smallest absolute Gasteiger partial charge is 0.258 e. The zero-order chi connectivity index (χ0) is 15.5. The van der Waals surface area contributed by atoms with Gasteiger partial charge in [0.2, 0.25) is 0 Å². The molecule has 0 spiro atoms. The van der Waals surface area contributed by atoms with Crippen LogP contribution < -0.4 is 0 Å². The number of pyridine rings is 1. The molecule has 5 nitrogen and oxygen atoms in total. The molecule has 0 N–H and O–H groups in total. The molecule has 0 unspecified atom stereocenters. The van der Waals surface area contributed by atoms with Crippen molar-refractivity contribution in [2.45, 2.75) is 5.03 Å². The van der Waals surface area contributed by atoms with Crippen molar-refractivity contribution in [2.75, 3.05) is 6.26 Å². The molecule has 0 radical (unpaired) electrons. The van der Waals surface area contributed by atoms with Crippen LogP contribution >= 0.6 is 23.1 Å². The topological polar surface area (TPSA) is 68.9 Å². The molecule has 2 heterocycles. The van der Waals surface area contributed by atoms with Crippen molar-refractivity contribution in [1.29, 1.82) is 0 Å². The van der Waals surface area contributed by atoms with Crippen LogP contribution in [0, 0.1) is 10.1 Å². The molecule has 3 aromatic rings. The first-order valence-electron chi connectivity index (χ1n) is 6.38. The first-order valence-corrected chi connectivity index (χ1v) is 8.48. The van der Waals surface area contributed by atoms with E-state index < -0.39 is 4.92 Å². The van der Waals surface area contributed by atoms with Crippen molar-refractivity contribution in [3.63, 3.8) is 0 Å². The van der Waals surface area contributed by atoms with Gasteiger partial charge in [-0.2, -0.15) is 0 Å². The molecule has 0 bridgehead atoms. The fourth-order valence-corrected chi connectivity index (χ4v) is 3.18. The summed E-state index contributed by atoms with van der Waals surface area (Å²) >= 11 is 3.13. The van der Waals surface area contributed by atoms with Crippen molar-refractivity contribution in [3.05, 3.63) is 58.1 Å². The fraction of sp³-hybridized carbons (Fsp3) is 0.0667. The van der Waals surface area contributed by atoms with Gasteiger partial charge in [-0.1, -0.05) is 0 Å². The fourth-order valence-electron chi connectivity index (χ4n) is 1.95. The van der Waals surface area contributed by atoms with E-state index in [1.165, 1.54) is 12.1 Å². The molecular weight excluding hydrogens is 318 g/mol. The molecule has 3 rings (SSSR count). The van der Waals surface area contributed by atoms with Crippen molar-refractivity contribution >= 4 is 28.8 Å². The molecule has 0 aliphatic carbocycles. The van der Waals surface area contributed by atoms with Gasteiger partial charge < -0.3 is 0 Å². The number of hydrogen-bond donors (Lipinski definition) is 0. The highest BCUT2D eigenvalue weighted by Crippen LogP contribution is 2.30. The molecule has 0 fully saturated rings. The predicted molar refractivity (Wildman–Crippen MR) is 89.2 cm³/mol. The van der Waals surface area contributed by atoms with E-state index in [9.17, 15) is 10.1 Å². The number of non-ortho nitro benzene ring substituents is 1. The van der Waals surface area contributed by atoms with E-state index in [-0.39, 0.29) is 5.69 Å². The first kappa shape index (κ1) is 14.7. The number of thiazole rings is 1. The van der Waals surface area contributed by atoms with Crippen LogP contribution in [0.3, 0.4) is 0 Å². The van der Waals surface area contributed by atoms with Gasteiger partial charge in [0.15, 0.2) is 0 Å². The van der Waals surface area contributed by atoms with Gasteiger partial charge in [0, 0.05) is 34.8 Å². The Labute approximate surface area is 135 Å². The second kappa shape index (κ2) is 6.25. The summed E-state index contributed by atoms with van der Waals surface area (Å²) in [5, 5.41) is 14.5. The maximum Gasteiger partial charge on any atom is 0.269 e. The van der Waals surface area contributed by atoms with Crippen molar-refractivity contribution < 1.29 is 4.92 Å². The number of nitrogens with zero attached hydrogens (tertiary/aromatic N) is 3. The third-order valence-electron chi connectivity index (χ3n) is 3.07. The minimum absolute atomic E-state index is 0.0814. The summed E-state index contributed by atoms with van der Waals surface area (Å²) in [6.07, 6.45) is 3.75. The molecular formula is C15H11N3O2S2. The maximum atomic E-state index is 10.7. The van der Waals surface area contributed by atoms with Crippen LogP contribution in [0.25, 0.3) is 21.8 Å². The number of thioether (sulfide) groups is 1. The third kappa shape index (κ3) is 3.00. The Hall–Kier alpha value is -2.25. The zero-order valence-electron chi connectivity index (χ0n) is 11.6. The highest BCUT2D eigenvalue weighted by atomic mass is 32.2. The van der Waals surface area contributed by atoms with Gasteiger partial charge in [0.1, 0.15) is 5.01 Å². The summed E-state index contributed by atoms with van der Waals surface area (Å²) in [5.41, 5.74) is 2.79. The molecule has 2 aromatic heterocycles. The van der Waals surface area contributed by atoms with E-state index in [0.717, 1.165) is 26.9 Å². The van der Waals surface area contributed by atoms with Gasteiger partial charge in [0.25, 0.3) is 5.69 Å². The summed E-state index contributed by atoms with van der Waals surface area (Å²) in [6.45, 7) is 0. The van der Waals surface area contributed by atoms with E-state index >= 15 is 0 Å². The number of aromatic nitrogens is 2. The molecule has 0 saturated heterocycles. The number of hydrogen-bond acceptors (Lipinski definition) is 6. The minimum Gasteiger partial charge on any atom is -0.258 e. The largest absolute Gasteiger partial charge is 0.269 e. The summed E-state index contributed by atoms with van der Waals surface area (Å²) in [4.78, 5) is 19.1. The van der Waals surface area contributed by atoms with Gasteiger partial charge in [0.05, 0.1) is 15.6 Å². The normalized spacial score (nSPS) is 10.6. The minimum atomic E-state index is -0.406. The van der Waals surface area contributed by atoms with E-state index in [1.807, 2.05) is 23.8 Å². The molecule has 0 aliphatic rings. The van der Waals surface area contributed by atoms with Crippen LogP contribution in [0.4, 0.5) is 5.69 Å². The lowest BCUT2D eigenvalue weighted by atomic mass is 10.1. The maximum absolute atomic E-state index is 10.7. The highest BCUT2D eigenvalue weighted by Gasteiger charge is 2.09. The number of nitro benzene ring substituents is 1. The summed E-state index contributed by atoms with van der Waals surface area (Å²) in [7, 11) is 0. The molecule has 0 aliphatic heterocycles. The number of benzene rings is 1. The monoisotopic (exact) mass is 329 g/mol. The van der Waals surface area contributed by atoms with Crippen molar-refractivity contribution in [2.24, 2.45) is 0 Å². The Morgan fingerprint density at radius 3 is 2.64 bits per heavy atom. The number of nitro groups is 1. The molecule has 0 amide bonds. The number of rotatable bonds is 4. The van der Waals surface area contributed by atoms with Crippen LogP contribution in [0.5, 0.6) is 0 Å². The van der Waals surface area contributed by atoms with Crippen molar-refractivity contribution in [3.8, 4) is 21.8 Å². The lowest BCUT2D eigenvalue weighted by Crippen LogP contribution is -1.87. The SMILES string of the molecule is CSc1cc(-c2nc(-c3ccc([N+](=O)[O-])cc3)cs2)ccn1. The van der Waals surface area contributed by atoms with Gasteiger partial charge in [-0.05, 0) is 30.5 Å². The van der Waals surface area contributed by atoms with Crippen LogP contribution in [0.2, 0.25) is 0 Å². The van der Waals surface area contributed by atoms with Gasteiger partial charge in [-0.3, -0.25) is 10.1 Å². The summed E-state index contributed by atoms with van der Waals surface area (Å²) in [5.74, 6) is 0. The lowest BCUT2D eigenvalue weighted by Gasteiger charge is -1.99. The van der Waals surface area contributed by atoms with E-state index in [1.54, 1.807) is 41.4 Å². The van der Waals surface area contributed by atoms with E-state index in [0.29, 0.717) is 0 Å². The second-order valence-electron chi connectivity index (χ2n) is 4.43.